The fourth-order valence-electron chi connectivity index (χ4n) is 3.25. The summed E-state index contributed by atoms with van der Waals surface area (Å²) in [6.07, 6.45) is 0.178. The summed E-state index contributed by atoms with van der Waals surface area (Å²) in [5.74, 6) is 0.817. The summed E-state index contributed by atoms with van der Waals surface area (Å²) in [6, 6.07) is 7.52. The van der Waals surface area contributed by atoms with E-state index in [1.54, 1.807) is 11.3 Å². The highest BCUT2D eigenvalue weighted by molar-refractivity contribution is 7.09. The van der Waals surface area contributed by atoms with Crippen LogP contribution in [0.4, 0.5) is 0 Å². The summed E-state index contributed by atoms with van der Waals surface area (Å²) in [5.41, 5.74) is 3.70. The standard InChI is InChI=1S/C19H23N3O3S/c1-14-18(26-13-20-14)12-21-10-17(11-21)25-16-4-2-3-15(9-16)19(23)22-5-7-24-8-6-22/h2-4,9,13,17H,5-8,10-12H2,1H3. The van der Waals surface area contributed by atoms with E-state index in [4.69, 9.17) is 9.47 Å². The summed E-state index contributed by atoms with van der Waals surface area (Å²) in [4.78, 5) is 22.4. The second-order valence-electron chi connectivity index (χ2n) is 6.73. The smallest absolute Gasteiger partial charge is 0.254 e. The molecule has 0 saturated carbocycles. The number of amides is 1. The van der Waals surface area contributed by atoms with Gasteiger partial charge in [-0.2, -0.15) is 0 Å². The molecule has 26 heavy (non-hydrogen) atoms. The molecule has 7 heteroatoms. The number of likely N-dealkylation sites (tertiary alicyclic amines) is 1. The molecular weight excluding hydrogens is 350 g/mol. The van der Waals surface area contributed by atoms with Crippen molar-refractivity contribution in [2.24, 2.45) is 0 Å². The van der Waals surface area contributed by atoms with Gasteiger partial charge >= 0.3 is 0 Å². The Labute approximate surface area is 157 Å². The Balaban J connectivity index is 1.30. The zero-order valence-electron chi connectivity index (χ0n) is 14.9. The fraction of sp³-hybridized carbons (Fsp3) is 0.474. The van der Waals surface area contributed by atoms with E-state index in [1.807, 2.05) is 34.7 Å². The molecule has 1 amide bonds. The van der Waals surface area contributed by atoms with Gasteiger partial charge in [-0.25, -0.2) is 4.98 Å². The Morgan fingerprint density at radius 1 is 1.35 bits per heavy atom. The van der Waals surface area contributed by atoms with Gasteiger partial charge in [0.15, 0.2) is 0 Å². The topological polar surface area (TPSA) is 54.9 Å². The van der Waals surface area contributed by atoms with Crippen molar-refractivity contribution in [2.45, 2.75) is 19.6 Å². The van der Waals surface area contributed by atoms with E-state index in [9.17, 15) is 4.79 Å². The van der Waals surface area contributed by atoms with Crippen molar-refractivity contribution >= 4 is 17.2 Å². The van der Waals surface area contributed by atoms with Crippen LogP contribution >= 0.6 is 11.3 Å². The highest BCUT2D eigenvalue weighted by Crippen LogP contribution is 2.23. The first-order valence-electron chi connectivity index (χ1n) is 8.94. The maximum Gasteiger partial charge on any atom is 0.254 e. The van der Waals surface area contributed by atoms with Crippen molar-refractivity contribution in [1.29, 1.82) is 0 Å². The fourth-order valence-corrected chi connectivity index (χ4v) is 4.07. The highest BCUT2D eigenvalue weighted by Gasteiger charge is 2.29. The number of nitrogens with zero attached hydrogens (tertiary/aromatic N) is 3. The Morgan fingerprint density at radius 3 is 2.88 bits per heavy atom. The lowest BCUT2D eigenvalue weighted by Gasteiger charge is -2.38. The van der Waals surface area contributed by atoms with Crippen molar-refractivity contribution in [3.8, 4) is 5.75 Å². The van der Waals surface area contributed by atoms with Crippen LogP contribution in [0.3, 0.4) is 0 Å². The molecule has 2 saturated heterocycles. The molecule has 1 aromatic heterocycles. The van der Waals surface area contributed by atoms with Gasteiger partial charge in [0, 0.05) is 43.2 Å². The second kappa shape index (κ2) is 7.73. The van der Waals surface area contributed by atoms with Crippen molar-refractivity contribution in [1.82, 2.24) is 14.8 Å². The van der Waals surface area contributed by atoms with Gasteiger partial charge in [0.2, 0.25) is 0 Å². The third kappa shape index (κ3) is 3.90. The van der Waals surface area contributed by atoms with Gasteiger partial charge in [0.05, 0.1) is 24.4 Å². The lowest BCUT2D eigenvalue weighted by molar-refractivity contribution is 0.0148. The maximum absolute atomic E-state index is 12.6. The van der Waals surface area contributed by atoms with Crippen LogP contribution in [0.5, 0.6) is 5.75 Å². The molecule has 0 N–H and O–H groups in total. The number of ether oxygens (including phenoxy) is 2. The van der Waals surface area contributed by atoms with Crippen LogP contribution in [0.2, 0.25) is 0 Å². The van der Waals surface area contributed by atoms with Crippen LogP contribution in [-0.4, -0.2) is 66.2 Å². The Hall–Kier alpha value is -1.96. The molecule has 3 heterocycles. The van der Waals surface area contributed by atoms with E-state index in [-0.39, 0.29) is 12.0 Å². The first-order valence-corrected chi connectivity index (χ1v) is 9.82. The average molecular weight is 373 g/mol. The number of aromatic nitrogens is 1. The predicted octanol–water partition coefficient (Wildman–Crippen LogP) is 2.19. The summed E-state index contributed by atoms with van der Waals surface area (Å²) >= 11 is 1.71. The minimum absolute atomic E-state index is 0.0506. The van der Waals surface area contributed by atoms with Gasteiger partial charge in [-0.1, -0.05) is 6.07 Å². The molecule has 0 bridgehead atoms. The molecule has 4 rings (SSSR count). The van der Waals surface area contributed by atoms with E-state index in [1.165, 1.54) is 4.88 Å². The molecule has 0 unspecified atom stereocenters. The SMILES string of the molecule is Cc1ncsc1CN1CC(Oc2cccc(C(=O)N3CCOCC3)c2)C1. The van der Waals surface area contributed by atoms with Gasteiger partial charge in [-0.15, -0.1) is 11.3 Å². The normalized spacial score (nSPS) is 18.6. The number of rotatable bonds is 5. The van der Waals surface area contributed by atoms with Gasteiger partial charge in [0.25, 0.3) is 5.91 Å². The summed E-state index contributed by atoms with van der Waals surface area (Å²) in [5, 5.41) is 0. The zero-order chi connectivity index (χ0) is 17.9. The molecule has 2 aliphatic heterocycles. The first kappa shape index (κ1) is 17.5. The average Bonchev–Trinajstić information content (AvgIpc) is 3.05. The molecule has 0 radical (unpaired) electrons. The third-order valence-corrected chi connectivity index (χ3v) is 5.74. The number of thiazole rings is 1. The van der Waals surface area contributed by atoms with Crippen LogP contribution in [0.1, 0.15) is 20.9 Å². The number of hydrogen-bond acceptors (Lipinski definition) is 6. The second-order valence-corrected chi connectivity index (χ2v) is 7.67. The summed E-state index contributed by atoms with van der Waals surface area (Å²) in [7, 11) is 0. The largest absolute Gasteiger partial charge is 0.488 e. The molecule has 0 aliphatic carbocycles. The highest BCUT2D eigenvalue weighted by atomic mass is 32.1. The number of morpholine rings is 1. The van der Waals surface area contributed by atoms with Crippen LogP contribution in [-0.2, 0) is 11.3 Å². The molecule has 1 aromatic carbocycles. The molecular formula is C19H23N3O3S. The lowest BCUT2D eigenvalue weighted by Crippen LogP contribution is -2.53. The molecule has 0 spiro atoms. The van der Waals surface area contributed by atoms with Crippen molar-refractivity contribution in [2.75, 3.05) is 39.4 Å². The van der Waals surface area contributed by atoms with Crippen LogP contribution in [0.15, 0.2) is 29.8 Å². The molecule has 0 atom stereocenters. The Morgan fingerprint density at radius 2 is 2.15 bits per heavy atom. The van der Waals surface area contributed by atoms with Crippen LogP contribution < -0.4 is 4.74 Å². The zero-order valence-corrected chi connectivity index (χ0v) is 15.7. The monoisotopic (exact) mass is 373 g/mol. The minimum Gasteiger partial charge on any atom is -0.488 e. The number of carbonyl (C=O) groups is 1. The maximum atomic E-state index is 12.6. The number of hydrogen-bond donors (Lipinski definition) is 0. The van der Waals surface area contributed by atoms with E-state index in [0.717, 1.165) is 31.1 Å². The van der Waals surface area contributed by atoms with Crippen molar-refractivity contribution in [3.05, 3.63) is 45.9 Å². The van der Waals surface area contributed by atoms with Gasteiger partial charge < -0.3 is 14.4 Å². The molecule has 2 fully saturated rings. The van der Waals surface area contributed by atoms with E-state index >= 15 is 0 Å². The molecule has 6 nitrogen and oxygen atoms in total. The Kier molecular flexibility index (Phi) is 5.19. The number of carbonyl (C=O) groups excluding carboxylic acids is 1. The van der Waals surface area contributed by atoms with Crippen LogP contribution in [0.25, 0.3) is 0 Å². The summed E-state index contributed by atoms with van der Waals surface area (Å²) in [6.45, 7) is 7.32. The Bertz CT molecular complexity index is 767. The van der Waals surface area contributed by atoms with E-state index in [0.29, 0.717) is 31.9 Å². The number of benzene rings is 1. The van der Waals surface area contributed by atoms with E-state index in [2.05, 4.69) is 16.8 Å². The lowest BCUT2D eigenvalue weighted by atomic mass is 10.1. The molecule has 2 aliphatic rings. The molecule has 2 aromatic rings. The third-order valence-electron chi connectivity index (χ3n) is 4.82. The predicted molar refractivity (Wildman–Crippen MR) is 99.7 cm³/mol. The van der Waals surface area contributed by atoms with Crippen molar-refractivity contribution < 1.29 is 14.3 Å². The van der Waals surface area contributed by atoms with Crippen LogP contribution in [0, 0.1) is 6.92 Å². The minimum atomic E-state index is 0.0506. The van der Waals surface area contributed by atoms with Gasteiger partial charge in [-0.3, -0.25) is 9.69 Å². The van der Waals surface area contributed by atoms with Gasteiger partial charge in [0.1, 0.15) is 11.9 Å². The van der Waals surface area contributed by atoms with Gasteiger partial charge in [-0.05, 0) is 25.1 Å². The number of aryl methyl sites for hydroxylation is 1. The first-order chi connectivity index (χ1) is 12.7. The molecule has 138 valence electrons. The summed E-state index contributed by atoms with van der Waals surface area (Å²) < 4.78 is 11.4. The van der Waals surface area contributed by atoms with Crippen molar-refractivity contribution in [3.63, 3.8) is 0 Å². The van der Waals surface area contributed by atoms with E-state index < -0.39 is 0 Å². The quantitative estimate of drug-likeness (QED) is 0.804.